The van der Waals surface area contributed by atoms with Crippen LogP contribution in [0.1, 0.15) is 33.2 Å². The monoisotopic (exact) mass is 267 g/mol. The minimum Gasteiger partial charge on any atom is -0.315 e. The Morgan fingerprint density at radius 3 is 2.71 bits per heavy atom. The molecule has 2 aromatic heterocycles. The maximum Gasteiger partial charge on any atom is 0.0999 e. The molecule has 0 unspecified atom stereocenters. The minimum atomic E-state index is 0.875. The van der Waals surface area contributed by atoms with Crippen molar-refractivity contribution in [2.24, 2.45) is 0 Å². The molecule has 0 radical (unpaired) electrons. The van der Waals surface area contributed by atoms with Crippen molar-refractivity contribution in [3.8, 4) is 0 Å². The highest BCUT2D eigenvalue weighted by molar-refractivity contribution is 7.12. The second kappa shape index (κ2) is 5.71. The Morgan fingerprint density at radius 1 is 1.29 bits per heavy atom. The van der Waals surface area contributed by atoms with Crippen LogP contribution < -0.4 is 5.32 Å². The van der Waals surface area contributed by atoms with Crippen molar-refractivity contribution in [2.75, 3.05) is 7.05 Å². The molecule has 0 aromatic carbocycles. The lowest BCUT2D eigenvalue weighted by molar-refractivity contribution is 0.813. The van der Waals surface area contributed by atoms with Crippen LogP contribution in [0.4, 0.5) is 0 Å². The molecule has 17 heavy (non-hydrogen) atoms. The lowest BCUT2D eigenvalue weighted by Crippen LogP contribution is -2.05. The first-order valence-corrected chi connectivity index (χ1v) is 7.45. The van der Waals surface area contributed by atoms with E-state index in [2.05, 4.69) is 22.6 Å². The van der Waals surface area contributed by atoms with Gasteiger partial charge in [0.15, 0.2) is 0 Å². The Bertz CT molecular complexity index is 488. The second-order valence-electron chi connectivity index (χ2n) is 3.92. The summed E-state index contributed by atoms with van der Waals surface area (Å²) in [5.74, 6) is 0. The molecule has 2 aromatic rings. The highest BCUT2D eigenvalue weighted by Crippen LogP contribution is 2.23. The van der Waals surface area contributed by atoms with E-state index in [1.807, 2.05) is 14.0 Å². The maximum absolute atomic E-state index is 4.70. The first-order chi connectivity index (χ1) is 8.22. The molecule has 0 aliphatic carbocycles. The molecule has 0 aliphatic rings. The van der Waals surface area contributed by atoms with Gasteiger partial charge in [-0.15, -0.1) is 22.7 Å². The van der Waals surface area contributed by atoms with Gasteiger partial charge in [-0.2, -0.15) is 0 Å². The van der Waals surface area contributed by atoms with E-state index in [-0.39, 0.29) is 0 Å². The summed E-state index contributed by atoms with van der Waals surface area (Å²) in [4.78, 5) is 10.5. The summed E-state index contributed by atoms with van der Waals surface area (Å²) in [5, 5.41) is 7.64. The Balaban J connectivity index is 2.16. The highest BCUT2D eigenvalue weighted by Gasteiger charge is 2.10. The molecule has 0 bridgehead atoms. The van der Waals surface area contributed by atoms with Crippen molar-refractivity contribution in [3.05, 3.63) is 31.7 Å². The molecule has 0 atom stereocenters. The van der Waals surface area contributed by atoms with Gasteiger partial charge in [-0.05, 0) is 20.4 Å². The molecule has 0 spiro atoms. The van der Waals surface area contributed by atoms with Gasteiger partial charge in [-0.25, -0.2) is 9.97 Å². The lowest BCUT2D eigenvalue weighted by Gasteiger charge is -1.96. The van der Waals surface area contributed by atoms with E-state index in [0.29, 0.717) is 0 Å². The van der Waals surface area contributed by atoms with Crippen molar-refractivity contribution in [3.63, 3.8) is 0 Å². The number of thiazole rings is 2. The topological polar surface area (TPSA) is 37.8 Å². The van der Waals surface area contributed by atoms with Crippen LogP contribution in [0.5, 0.6) is 0 Å². The fourth-order valence-electron chi connectivity index (χ4n) is 1.70. The first-order valence-electron chi connectivity index (χ1n) is 5.76. The van der Waals surface area contributed by atoms with Gasteiger partial charge >= 0.3 is 0 Å². The van der Waals surface area contributed by atoms with Gasteiger partial charge in [0.2, 0.25) is 0 Å². The zero-order chi connectivity index (χ0) is 12.3. The molecular weight excluding hydrogens is 250 g/mol. The van der Waals surface area contributed by atoms with Crippen molar-refractivity contribution in [2.45, 2.75) is 33.2 Å². The van der Waals surface area contributed by atoms with E-state index < -0.39 is 0 Å². The van der Waals surface area contributed by atoms with Crippen LogP contribution in [0.15, 0.2) is 5.38 Å². The van der Waals surface area contributed by atoms with Crippen molar-refractivity contribution < 1.29 is 0 Å². The third-order valence-corrected chi connectivity index (χ3v) is 4.53. The lowest BCUT2D eigenvalue weighted by atomic mass is 10.3. The average molecular weight is 267 g/mol. The fourth-order valence-corrected chi connectivity index (χ4v) is 3.74. The van der Waals surface area contributed by atoms with E-state index >= 15 is 0 Å². The van der Waals surface area contributed by atoms with Crippen LogP contribution in [0.25, 0.3) is 0 Å². The zero-order valence-electron chi connectivity index (χ0n) is 10.4. The van der Waals surface area contributed by atoms with Crippen LogP contribution in [0.3, 0.4) is 0 Å². The Labute approximate surface area is 110 Å². The number of aromatic nitrogens is 2. The number of nitrogens with zero attached hydrogens (tertiary/aromatic N) is 2. The molecule has 0 saturated heterocycles. The van der Waals surface area contributed by atoms with Gasteiger partial charge in [-0.3, -0.25) is 0 Å². The van der Waals surface area contributed by atoms with Gasteiger partial charge in [0.25, 0.3) is 0 Å². The summed E-state index contributed by atoms with van der Waals surface area (Å²) in [6.07, 6.45) is 1.88. The summed E-state index contributed by atoms with van der Waals surface area (Å²) in [6.45, 7) is 5.11. The third-order valence-electron chi connectivity index (χ3n) is 2.46. The quantitative estimate of drug-likeness (QED) is 0.905. The van der Waals surface area contributed by atoms with Gasteiger partial charge < -0.3 is 5.32 Å². The van der Waals surface area contributed by atoms with E-state index in [9.17, 15) is 0 Å². The molecule has 0 fully saturated rings. The Morgan fingerprint density at radius 2 is 2.12 bits per heavy atom. The summed E-state index contributed by atoms with van der Waals surface area (Å²) in [7, 11) is 1.98. The molecule has 0 saturated carbocycles. The number of aryl methyl sites for hydroxylation is 2. The normalized spacial score (nSPS) is 11.0. The second-order valence-corrected chi connectivity index (χ2v) is 6.03. The van der Waals surface area contributed by atoms with Crippen LogP contribution in [-0.4, -0.2) is 17.0 Å². The van der Waals surface area contributed by atoms with E-state index in [4.69, 9.17) is 4.98 Å². The maximum atomic E-state index is 4.70. The molecule has 0 amide bonds. The molecule has 1 N–H and O–H groups in total. The number of hydrogen-bond donors (Lipinski definition) is 1. The molecule has 92 valence electrons. The predicted molar refractivity (Wildman–Crippen MR) is 73.9 cm³/mol. The van der Waals surface area contributed by atoms with Gasteiger partial charge in [0.05, 0.1) is 22.1 Å². The van der Waals surface area contributed by atoms with Gasteiger partial charge in [0.1, 0.15) is 0 Å². The zero-order valence-corrected chi connectivity index (χ0v) is 12.0. The summed E-state index contributed by atoms with van der Waals surface area (Å²) < 4.78 is 0. The number of hydrogen-bond acceptors (Lipinski definition) is 5. The Kier molecular flexibility index (Phi) is 4.25. The number of nitrogens with one attached hydrogen (secondary N) is 1. The summed E-state index contributed by atoms with van der Waals surface area (Å²) >= 11 is 3.53. The molecule has 2 rings (SSSR count). The SMILES string of the molecule is CCc1nc(Cc2nc(C)cs2)sc1CNC. The largest absolute Gasteiger partial charge is 0.315 e. The van der Waals surface area contributed by atoms with Crippen LogP contribution in [0, 0.1) is 6.92 Å². The first kappa shape index (κ1) is 12.7. The summed E-state index contributed by atoms with van der Waals surface area (Å²) in [5.41, 5.74) is 2.33. The van der Waals surface area contributed by atoms with Crippen molar-refractivity contribution in [1.29, 1.82) is 0 Å². The third kappa shape index (κ3) is 3.12. The number of rotatable bonds is 5. The molecule has 2 heterocycles. The molecule has 5 heteroatoms. The van der Waals surface area contributed by atoms with Gasteiger partial charge in [0, 0.05) is 22.5 Å². The van der Waals surface area contributed by atoms with Crippen LogP contribution >= 0.6 is 22.7 Å². The average Bonchev–Trinajstić information content (AvgIpc) is 2.87. The minimum absolute atomic E-state index is 0.875. The van der Waals surface area contributed by atoms with Crippen LogP contribution in [-0.2, 0) is 19.4 Å². The summed E-state index contributed by atoms with van der Waals surface area (Å²) in [6, 6.07) is 0. The standard InChI is InChI=1S/C12H17N3S2/c1-4-9-10(6-13-3)17-12(15-9)5-11-14-8(2)7-16-11/h7,13H,4-6H2,1-3H3. The smallest absolute Gasteiger partial charge is 0.0999 e. The van der Waals surface area contributed by atoms with E-state index in [1.54, 1.807) is 22.7 Å². The highest BCUT2D eigenvalue weighted by atomic mass is 32.1. The predicted octanol–water partition coefficient (Wildman–Crippen LogP) is 2.78. The van der Waals surface area contributed by atoms with Crippen LogP contribution in [0.2, 0.25) is 0 Å². The fraction of sp³-hybridized carbons (Fsp3) is 0.500. The van der Waals surface area contributed by atoms with Gasteiger partial charge in [-0.1, -0.05) is 6.92 Å². The van der Waals surface area contributed by atoms with E-state index in [1.165, 1.54) is 15.6 Å². The molecule has 0 aliphatic heterocycles. The van der Waals surface area contributed by atoms with Crippen molar-refractivity contribution >= 4 is 22.7 Å². The van der Waals surface area contributed by atoms with E-state index in [0.717, 1.165) is 30.1 Å². The Hall–Kier alpha value is -0.780. The molecule has 3 nitrogen and oxygen atoms in total. The van der Waals surface area contributed by atoms with Crippen molar-refractivity contribution in [1.82, 2.24) is 15.3 Å². The molecular formula is C12H17N3S2.